The van der Waals surface area contributed by atoms with Crippen molar-refractivity contribution in [1.82, 2.24) is 4.90 Å². The smallest absolute Gasteiger partial charge is 0.165 e. The van der Waals surface area contributed by atoms with Crippen LogP contribution in [0.15, 0.2) is 54.6 Å². The first-order chi connectivity index (χ1) is 12.1. The Morgan fingerprint density at radius 2 is 1.72 bits per heavy atom. The Balaban J connectivity index is 1.78. The molecular weight excluding hydrogens is 370 g/mol. The first-order valence-corrected chi connectivity index (χ1v) is 10.1. The molecule has 3 rings (SSSR count). The Morgan fingerprint density at radius 1 is 1.08 bits per heavy atom. The number of likely N-dealkylation sites (tertiary alicyclic amines) is 1. The van der Waals surface area contributed by atoms with Crippen molar-refractivity contribution in [2.45, 2.75) is 24.5 Å². The zero-order valence-electron chi connectivity index (χ0n) is 13.9. The van der Waals surface area contributed by atoms with Crippen LogP contribution in [0.3, 0.4) is 0 Å². The van der Waals surface area contributed by atoms with Gasteiger partial charge in [-0.1, -0.05) is 78.0 Å². The highest BCUT2D eigenvalue weighted by atomic mass is 35.5. The maximum absolute atomic E-state index is 12.8. The lowest BCUT2D eigenvalue weighted by Crippen LogP contribution is -2.24. The van der Waals surface area contributed by atoms with E-state index in [2.05, 4.69) is 17.0 Å². The SMILES string of the molecule is O=C(CC(SC(=S)N1CCCC1)c1ccccc1)c1ccccc1Cl. The molecule has 1 heterocycles. The maximum Gasteiger partial charge on any atom is 0.165 e. The molecule has 1 unspecified atom stereocenters. The van der Waals surface area contributed by atoms with Gasteiger partial charge in [0.05, 0.1) is 5.02 Å². The minimum Gasteiger partial charge on any atom is -0.358 e. The minimum absolute atomic E-state index is 0.00178. The number of rotatable bonds is 5. The van der Waals surface area contributed by atoms with Gasteiger partial charge in [0.15, 0.2) is 5.78 Å². The van der Waals surface area contributed by atoms with E-state index in [1.54, 1.807) is 23.9 Å². The Morgan fingerprint density at radius 3 is 2.40 bits per heavy atom. The number of halogens is 1. The highest BCUT2D eigenvalue weighted by Gasteiger charge is 2.24. The van der Waals surface area contributed by atoms with Gasteiger partial charge in [-0.2, -0.15) is 0 Å². The van der Waals surface area contributed by atoms with Crippen LogP contribution in [-0.2, 0) is 0 Å². The van der Waals surface area contributed by atoms with E-state index in [-0.39, 0.29) is 11.0 Å². The number of benzene rings is 2. The highest BCUT2D eigenvalue weighted by molar-refractivity contribution is 8.23. The van der Waals surface area contributed by atoms with Crippen LogP contribution < -0.4 is 0 Å². The van der Waals surface area contributed by atoms with E-state index in [1.165, 1.54) is 12.8 Å². The Kier molecular flexibility index (Phi) is 6.51. The predicted molar refractivity (Wildman–Crippen MR) is 111 cm³/mol. The lowest BCUT2D eigenvalue weighted by molar-refractivity contribution is 0.0982. The van der Waals surface area contributed by atoms with Gasteiger partial charge in [-0.3, -0.25) is 4.79 Å². The van der Waals surface area contributed by atoms with Crippen LogP contribution in [0.5, 0.6) is 0 Å². The number of hydrogen-bond acceptors (Lipinski definition) is 3. The largest absolute Gasteiger partial charge is 0.358 e. The van der Waals surface area contributed by atoms with E-state index in [0.717, 1.165) is 23.0 Å². The molecule has 2 nitrogen and oxygen atoms in total. The molecule has 0 spiro atoms. The minimum atomic E-state index is -0.00178. The number of nitrogens with zero attached hydrogens (tertiary/aromatic N) is 1. The summed E-state index contributed by atoms with van der Waals surface area (Å²) in [5.41, 5.74) is 1.70. The number of thiocarbonyl (C=S) groups is 1. The molecule has 1 fully saturated rings. The van der Waals surface area contributed by atoms with Crippen molar-refractivity contribution in [1.29, 1.82) is 0 Å². The molecule has 2 aromatic rings. The fraction of sp³-hybridized carbons (Fsp3) is 0.300. The average molecular weight is 390 g/mol. The number of carbonyl (C=O) groups is 1. The molecule has 1 saturated heterocycles. The quantitative estimate of drug-likeness (QED) is 0.477. The van der Waals surface area contributed by atoms with Gasteiger partial charge in [-0.15, -0.1) is 0 Å². The lowest BCUT2D eigenvalue weighted by Gasteiger charge is -2.23. The van der Waals surface area contributed by atoms with E-state index >= 15 is 0 Å². The predicted octanol–water partition coefficient (Wildman–Crippen LogP) is 5.77. The van der Waals surface area contributed by atoms with Crippen molar-refractivity contribution in [2.24, 2.45) is 0 Å². The van der Waals surface area contributed by atoms with E-state index in [4.69, 9.17) is 23.8 Å². The summed E-state index contributed by atoms with van der Waals surface area (Å²) < 4.78 is 0.887. The molecular formula is C20H20ClNOS2. The van der Waals surface area contributed by atoms with Crippen molar-refractivity contribution in [2.75, 3.05) is 13.1 Å². The average Bonchev–Trinajstić information content (AvgIpc) is 3.17. The van der Waals surface area contributed by atoms with Crippen molar-refractivity contribution in [3.8, 4) is 0 Å². The monoisotopic (exact) mass is 389 g/mol. The van der Waals surface area contributed by atoms with Crippen LogP contribution in [0, 0.1) is 0 Å². The fourth-order valence-corrected chi connectivity index (χ4v) is 4.83. The van der Waals surface area contributed by atoms with Gasteiger partial charge in [0.1, 0.15) is 4.32 Å². The van der Waals surface area contributed by atoms with Gasteiger partial charge in [0.2, 0.25) is 0 Å². The number of ketones is 1. The summed E-state index contributed by atoms with van der Waals surface area (Å²) in [5, 5.41) is 0.504. The van der Waals surface area contributed by atoms with Crippen LogP contribution in [-0.4, -0.2) is 28.1 Å². The Bertz CT molecular complexity index is 744. The van der Waals surface area contributed by atoms with E-state index in [1.807, 2.05) is 30.3 Å². The van der Waals surface area contributed by atoms with Crippen LogP contribution in [0.4, 0.5) is 0 Å². The molecule has 0 aliphatic carbocycles. The van der Waals surface area contributed by atoms with Crippen LogP contribution >= 0.6 is 35.6 Å². The maximum atomic E-state index is 12.8. The molecule has 0 aromatic heterocycles. The van der Waals surface area contributed by atoms with Gasteiger partial charge in [-0.05, 0) is 30.5 Å². The standard InChI is InChI=1S/C20H20ClNOS2/c21-17-11-5-4-10-16(17)18(23)14-19(15-8-2-1-3-9-15)25-20(24)22-12-6-7-13-22/h1-5,8-11,19H,6-7,12-14H2. The molecule has 1 aliphatic heterocycles. The molecule has 1 atom stereocenters. The zero-order chi connectivity index (χ0) is 17.6. The third-order valence-electron chi connectivity index (χ3n) is 4.32. The number of thioether (sulfide) groups is 1. The van der Waals surface area contributed by atoms with Crippen molar-refractivity contribution in [3.63, 3.8) is 0 Å². The summed E-state index contributed by atoms with van der Waals surface area (Å²) in [7, 11) is 0. The molecule has 5 heteroatoms. The summed E-state index contributed by atoms with van der Waals surface area (Å²) >= 11 is 13.5. The molecule has 0 saturated carbocycles. The molecule has 130 valence electrons. The Labute approximate surface area is 163 Å². The van der Waals surface area contributed by atoms with Crippen molar-refractivity contribution in [3.05, 3.63) is 70.7 Å². The molecule has 1 aliphatic rings. The Hall–Kier alpha value is -1.36. The topological polar surface area (TPSA) is 20.3 Å². The van der Waals surface area contributed by atoms with Crippen LogP contribution in [0.1, 0.15) is 40.4 Å². The molecule has 25 heavy (non-hydrogen) atoms. The number of carbonyl (C=O) groups excluding carboxylic acids is 1. The van der Waals surface area contributed by atoms with Gasteiger partial charge in [0.25, 0.3) is 0 Å². The molecule has 0 bridgehead atoms. The molecule has 0 radical (unpaired) electrons. The zero-order valence-corrected chi connectivity index (χ0v) is 16.2. The second-order valence-corrected chi connectivity index (χ2v) is 8.33. The highest BCUT2D eigenvalue weighted by Crippen LogP contribution is 2.36. The van der Waals surface area contributed by atoms with Gasteiger partial charge >= 0.3 is 0 Å². The third-order valence-corrected chi connectivity index (χ3v) is 6.38. The van der Waals surface area contributed by atoms with E-state index in [0.29, 0.717) is 17.0 Å². The summed E-state index contributed by atoms with van der Waals surface area (Å²) in [6, 6.07) is 17.3. The van der Waals surface area contributed by atoms with Crippen LogP contribution in [0.25, 0.3) is 0 Å². The second-order valence-electron chi connectivity index (χ2n) is 6.08. The summed E-state index contributed by atoms with van der Waals surface area (Å²) in [4.78, 5) is 15.0. The first-order valence-electron chi connectivity index (χ1n) is 8.43. The van der Waals surface area contributed by atoms with E-state index < -0.39 is 0 Å². The van der Waals surface area contributed by atoms with E-state index in [9.17, 15) is 4.79 Å². The van der Waals surface area contributed by atoms with Gasteiger partial charge in [-0.25, -0.2) is 0 Å². The van der Waals surface area contributed by atoms with Gasteiger partial charge < -0.3 is 4.90 Å². The molecule has 2 aromatic carbocycles. The summed E-state index contributed by atoms with van der Waals surface area (Å²) in [6.45, 7) is 2.04. The number of Topliss-reactive ketones (excluding diaryl/α,β-unsaturated/α-hetero) is 1. The normalized spacial score (nSPS) is 15.2. The lowest BCUT2D eigenvalue weighted by atomic mass is 10.0. The van der Waals surface area contributed by atoms with Gasteiger partial charge in [0, 0.05) is 30.3 Å². The molecule has 0 amide bonds. The summed E-state index contributed by atoms with van der Waals surface area (Å²) in [5.74, 6) is 0.0520. The van der Waals surface area contributed by atoms with Crippen LogP contribution in [0.2, 0.25) is 5.02 Å². The first kappa shape index (κ1) is 18.4. The third kappa shape index (κ3) is 4.84. The van der Waals surface area contributed by atoms with Crippen molar-refractivity contribution >= 4 is 45.7 Å². The second kappa shape index (κ2) is 8.84. The fourth-order valence-electron chi connectivity index (χ4n) is 2.96. The summed E-state index contributed by atoms with van der Waals surface area (Å²) in [6.07, 6.45) is 2.76. The molecule has 0 N–H and O–H groups in total. The van der Waals surface area contributed by atoms with Crippen molar-refractivity contribution < 1.29 is 4.79 Å². The number of hydrogen-bond donors (Lipinski definition) is 0.